The molecule has 0 fully saturated rings. The summed E-state index contributed by atoms with van der Waals surface area (Å²) in [7, 11) is 0. The molecule has 0 aliphatic rings. The van der Waals surface area contributed by atoms with E-state index in [2.05, 4.69) is 36.4 Å². The van der Waals surface area contributed by atoms with Gasteiger partial charge >= 0.3 is 0 Å². The highest BCUT2D eigenvalue weighted by molar-refractivity contribution is 4.90. The lowest BCUT2D eigenvalue weighted by molar-refractivity contribution is 0.324. The maximum absolute atomic E-state index is 5.46. The Labute approximate surface area is 97.4 Å². The van der Waals surface area contributed by atoms with Gasteiger partial charge in [0.05, 0.1) is 12.2 Å². The second-order valence-electron chi connectivity index (χ2n) is 4.87. The fourth-order valence-electron chi connectivity index (χ4n) is 1.29. The largest absolute Gasteiger partial charge is 0.325 e. The number of rotatable bonds is 7. The van der Waals surface area contributed by atoms with E-state index in [-0.39, 0.29) is 0 Å². The molecule has 92 valence electrons. The summed E-state index contributed by atoms with van der Waals surface area (Å²) in [6.07, 6.45) is 3.08. The van der Waals surface area contributed by atoms with Crippen molar-refractivity contribution in [1.29, 1.82) is 0 Å². The fourth-order valence-corrected chi connectivity index (χ4v) is 1.29. The van der Waals surface area contributed by atoms with Crippen molar-refractivity contribution >= 4 is 0 Å². The van der Waals surface area contributed by atoms with E-state index in [4.69, 9.17) is 5.73 Å². The van der Waals surface area contributed by atoms with Crippen LogP contribution >= 0.6 is 0 Å². The van der Waals surface area contributed by atoms with Crippen molar-refractivity contribution in [1.82, 2.24) is 20.3 Å². The first-order valence-electron chi connectivity index (χ1n) is 5.87. The van der Waals surface area contributed by atoms with E-state index in [0.717, 1.165) is 25.3 Å². The molecular formula is C11H23N5. The van der Waals surface area contributed by atoms with Crippen LogP contribution in [0, 0.1) is 5.41 Å². The van der Waals surface area contributed by atoms with Gasteiger partial charge in [-0.2, -0.15) is 0 Å². The van der Waals surface area contributed by atoms with Gasteiger partial charge in [-0.25, -0.2) is 0 Å². The maximum Gasteiger partial charge on any atom is 0.0962 e. The highest BCUT2D eigenvalue weighted by Crippen LogP contribution is 2.17. The number of nitrogens with zero attached hydrogens (tertiary/aromatic N) is 3. The average Bonchev–Trinajstić information content (AvgIpc) is 2.72. The van der Waals surface area contributed by atoms with Gasteiger partial charge in [0.15, 0.2) is 0 Å². The maximum atomic E-state index is 5.46. The first-order chi connectivity index (χ1) is 7.57. The first-order valence-corrected chi connectivity index (χ1v) is 5.87. The van der Waals surface area contributed by atoms with E-state index in [0.29, 0.717) is 12.0 Å². The molecule has 0 radical (unpaired) electrons. The van der Waals surface area contributed by atoms with E-state index in [9.17, 15) is 0 Å². The van der Waals surface area contributed by atoms with Crippen LogP contribution in [-0.4, -0.2) is 28.1 Å². The van der Waals surface area contributed by atoms with Crippen LogP contribution in [0.15, 0.2) is 6.20 Å². The zero-order chi connectivity index (χ0) is 12.0. The predicted octanol–water partition coefficient (Wildman–Crippen LogP) is 0.763. The Balaban J connectivity index is 2.20. The normalized spacial score (nSPS) is 12.0. The Kier molecular flexibility index (Phi) is 4.89. The molecule has 0 saturated heterocycles. The molecule has 0 unspecified atom stereocenters. The molecule has 0 atom stereocenters. The molecule has 0 aliphatic carbocycles. The van der Waals surface area contributed by atoms with Gasteiger partial charge in [-0.15, -0.1) is 5.10 Å². The van der Waals surface area contributed by atoms with Gasteiger partial charge in [-0.3, -0.25) is 4.68 Å². The predicted molar refractivity (Wildman–Crippen MR) is 64.9 cm³/mol. The molecule has 0 amide bonds. The molecule has 1 heterocycles. The Morgan fingerprint density at radius 3 is 2.81 bits per heavy atom. The monoisotopic (exact) mass is 225 g/mol. The Morgan fingerprint density at radius 2 is 2.25 bits per heavy atom. The summed E-state index contributed by atoms with van der Waals surface area (Å²) in [6, 6.07) is 0. The molecule has 1 aromatic heterocycles. The summed E-state index contributed by atoms with van der Waals surface area (Å²) in [5.41, 5.74) is 6.67. The van der Waals surface area contributed by atoms with E-state index >= 15 is 0 Å². The van der Waals surface area contributed by atoms with E-state index in [1.807, 2.05) is 10.9 Å². The van der Waals surface area contributed by atoms with Crippen LogP contribution in [0.1, 0.15) is 32.9 Å². The van der Waals surface area contributed by atoms with Gasteiger partial charge in [-0.1, -0.05) is 26.0 Å². The van der Waals surface area contributed by atoms with Gasteiger partial charge in [0, 0.05) is 25.8 Å². The highest BCUT2D eigenvalue weighted by atomic mass is 15.4. The quantitative estimate of drug-likeness (QED) is 0.672. The van der Waals surface area contributed by atoms with Crippen LogP contribution in [0.25, 0.3) is 0 Å². The SMILES string of the molecule is CCC(C)(C)CNCCn1cc(CN)nn1. The van der Waals surface area contributed by atoms with Crippen molar-refractivity contribution in [2.24, 2.45) is 11.1 Å². The number of hydrogen-bond donors (Lipinski definition) is 2. The standard InChI is InChI=1S/C11H23N5/c1-4-11(2,3)9-13-5-6-16-8-10(7-12)14-15-16/h8,13H,4-7,9,12H2,1-3H3. The summed E-state index contributed by atoms with van der Waals surface area (Å²) in [6.45, 7) is 9.98. The van der Waals surface area contributed by atoms with Crippen molar-refractivity contribution in [3.63, 3.8) is 0 Å². The van der Waals surface area contributed by atoms with Crippen LogP contribution in [0.5, 0.6) is 0 Å². The van der Waals surface area contributed by atoms with Crippen LogP contribution in [0.2, 0.25) is 0 Å². The minimum Gasteiger partial charge on any atom is -0.325 e. The fraction of sp³-hybridized carbons (Fsp3) is 0.818. The third-order valence-electron chi connectivity index (χ3n) is 2.87. The Bertz CT molecular complexity index is 305. The lowest BCUT2D eigenvalue weighted by Crippen LogP contribution is -2.31. The molecular weight excluding hydrogens is 202 g/mol. The first kappa shape index (κ1) is 13.1. The lowest BCUT2D eigenvalue weighted by atomic mass is 9.90. The molecule has 1 rings (SSSR count). The number of hydrogen-bond acceptors (Lipinski definition) is 4. The van der Waals surface area contributed by atoms with Crippen LogP contribution < -0.4 is 11.1 Å². The van der Waals surface area contributed by atoms with E-state index in [1.54, 1.807) is 0 Å². The molecule has 0 aliphatic heterocycles. The Hall–Kier alpha value is -0.940. The molecule has 0 saturated carbocycles. The summed E-state index contributed by atoms with van der Waals surface area (Å²) in [5, 5.41) is 11.4. The number of nitrogens with two attached hydrogens (primary N) is 1. The Morgan fingerprint density at radius 1 is 1.50 bits per heavy atom. The highest BCUT2D eigenvalue weighted by Gasteiger charge is 2.13. The molecule has 0 spiro atoms. The van der Waals surface area contributed by atoms with Crippen molar-refractivity contribution in [3.8, 4) is 0 Å². The smallest absolute Gasteiger partial charge is 0.0962 e. The topological polar surface area (TPSA) is 68.8 Å². The molecule has 1 aromatic rings. The summed E-state index contributed by atoms with van der Waals surface area (Å²) >= 11 is 0. The molecule has 0 aromatic carbocycles. The molecule has 5 nitrogen and oxygen atoms in total. The number of aromatic nitrogens is 3. The summed E-state index contributed by atoms with van der Waals surface area (Å²) < 4.78 is 1.83. The van der Waals surface area contributed by atoms with Crippen LogP contribution in [0.4, 0.5) is 0 Å². The van der Waals surface area contributed by atoms with E-state index in [1.165, 1.54) is 6.42 Å². The van der Waals surface area contributed by atoms with Crippen molar-refractivity contribution in [2.45, 2.75) is 40.3 Å². The van der Waals surface area contributed by atoms with Gasteiger partial charge in [0.1, 0.15) is 0 Å². The number of nitrogens with one attached hydrogen (secondary N) is 1. The molecule has 0 bridgehead atoms. The zero-order valence-electron chi connectivity index (χ0n) is 10.5. The van der Waals surface area contributed by atoms with Gasteiger partial charge < -0.3 is 11.1 Å². The van der Waals surface area contributed by atoms with E-state index < -0.39 is 0 Å². The van der Waals surface area contributed by atoms with Gasteiger partial charge in [0.2, 0.25) is 0 Å². The molecule has 16 heavy (non-hydrogen) atoms. The minimum atomic E-state index is 0.366. The van der Waals surface area contributed by atoms with Gasteiger partial charge in [-0.05, 0) is 11.8 Å². The van der Waals surface area contributed by atoms with Crippen LogP contribution in [0.3, 0.4) is 0 Å². The second kappa shape index (κ2) is 5.96. The third kappa shape index (κ3) is 4.28. The third-order valence-corrected chi connectivity index (χ3v) is 2.87. The van der Waals surface area contributed by atoms with Gasteiger partial charge in [0.25, 0.3) is 0 Å². The zero-order valence-corrected chi connectivity index (χ0v) is 10.5. The summed E-state index contributed by atoms with van der Waals surface area (Å²) in [5.74, 6) is 0. The second-order valence-corrected chi connectivity index (χ2v) is 4.87. The molecule has 3 N–H and O–H groups in total. The molecule has 5 heteroatoms. The summed E-state index contributed by atoms with van der Waals surface area (Å²) in [4.78, 5) is 0. The minimum absolute atomic E-state index is 0.366. The van der Waals surface area contributed by atoms with Crippen molar-refractivity contribution in [2.75, 3.05) is 13.1 Å². The van der Waals surface area contributed by atoms with Crippen molar-refractivity contribution in [3.05, 3.63) is 11.9 Å². The van der Waals surface area contributed by atoms with Crippen molar-refractivity contribution < 1.29 is 0 Å². The average molecular weight is 225 g/mol. The van der Waals surface area contributed by atoms with Crippen LogP contribution in [-0.2, 0) is 13.1 Å². The lowest BCUT2D eigenvalue weighted by Gasteiger charge is -2.22.